The number of non-ortho nitro benzene ring substituents is 1. The minimum atomic E-state index is -0.971. The van der Waals surface area contributed by atoms with Crippen molar-refractivity contribution in [2.75, 3.05) is 11.6 Å². The lowest BCUT2D eigenvalue weighted by molar-refractivity contribution is -0.384. The number of rotatable bonds is 6. The predicted molar refractivity (Wildman–Crippen MR) is 89.6 cm³/mol. The molecule has 0 bridgehead atoms. The van der Waals surface area contributed by atoms with E-state index in [1.807, 2.05) is 18.2 Å². The Morgan fingerprint density at radius 3 is 2.73 bits per heavy atom. The Bertz CT molecular complexity index is 722. The standard InChI is InChI=1S/C15H15ClN2O3S/c1-22(21)10-12-8-13(5-6-15(12)16)17-9-11-3-2-4-14(7-11)18(19)20/h2-8,17H,9-10H2,1H3. The zero-order valence-electron chi connectivity index (χ0n) is 11.9. The van der Waals surface area contributed by atoms with Crippen molar-refractivity contribution in [3.8, 4) is 0 Å². The van der Waals surface area contributed by atoms with Crippen LogP contribution in [0, 0.1) is 10.1 Å². The molecule has 0 spiro atoms. The molecule has 2 aromatic rings. The molecule has 116 valence electrons. The molecule has 2 aromatic carbocycles. The summed E-state index contributed by atoms with van der Waals surface area (Å²) in [5, 5.41) is 14.5. The molecule has 0 heterocycles. The molecule has 1 unspecified atom stereocenters. The van der Waals surface area contributed by atoms with E-state index in [0.29, 0.717) is 17.3 Å². The van der Waals surface area contributed by atoms with Crippen molar-refractivity contribution in [1.29, 1.82) is 0 Å². The average molecular weight is 339 g/mol. The number of halogens is 1. The van der Waals surface area contributed by atoms with Gasteiger partial charge < -0.3 is 5.32 Å². The molecule has 0 fully saturated rings. The zero-order chi connectivity index (χ0) is 16.1. The number of nitrogens with zero attached hydrogens (tertiary/aromatic N) is 1. The van der Waals surface area contributed by atoms with Crippen molar-refractivity contribution in [3.05, 3.63) is 68.7 Å². The number of hydrogen-bond donors (Lipinski definition) is 1. The number of benzene rings is 2. The van der Waals surface area contributed by atoms with Crippen LogP contribution in [0.5, 0.6) is 0 Å². The van der Waals surface area contributed by atoms with E-state index in [-0.39, 0.29) is 5.69 Å². The second-order valence-corrected chi connectivity index (χ2v) is 6.65. The van der Waals surface area contributed by atoms with Crippen LogP contribution in [0.1, 0.15) is 11.1 Å². The highest BCUT2D eigenvalue weighted by atomic mass is 35.5. The van der Waals surface area contributed by atoms with Gasteiger partial charge in [0.1, 0.15) is 0 Å². The van der Waals surface area contributed by atoms with Crippen LogP contribution in [0.2, 0.25) is 5.02 Å². The average Bonchev–Trinajstić information content (AvgIpc) is 2.48. The van der Waals surface area contributed by atoms with Crippen LogP contribution in [0.15, 0.2) is 42.5 Å². The van der Waals surface area contributed by atoms with Crippen molar-refractivity contribution >= 4 is 33.8 Å². The number of nitro benzene ring substituents is 1. The largest absolute Gasteiger partial charge is 0.381 e. The molecule has 7 heteroatoms. The quantitative estimate of drug-likeness (QED) is 0.643. The maximum atomic E-state index is 11.3. The van der Waals surface area contributed by atoms with Gasteiger partial charge in [-0.25, -0.2) is 0 Å². The van der Waals surface area contributed by atoms with Crippen molar-refractivity contribution in [2.45, 2.75) is 12.3 Å². The normalized spacial score (nSPS) is 11.9. The molecule has 0 aliphatic heterocycles. The maximum absolute atomic E-state index is 11.3. The van der Waals surface area contributed by atoms with Crippen LogP contribution < -0.4 is 5.32 Å². The SMILES string of the molecule is CS(=O)Cc1cc(NCc2cccc([N+](=O)[O-])c2)ccc1Cl. The summed E-state index contributed by atoms with van der Waals surface area (Å²) in [4.78, 5) is 10.3. The molecule has 5 nitrogen and oxygen atoms in total. The predicted octanol–water partition coefficient (Wildman–Crippen LogP) is 3.74. The highest BCUT2D eigenvalue weighted by molar-refractivity contribution is 7.83. The van der Waals surface area contributed by atoms with E-state index in [1.165, 1.54) is 12.1 Å². The summed E-state index contributed by atoms with van der Waals surface area (Å²) in [7, 11) is -0.971. The van der Waals surface area contributed by atoms with E-state index in [9.17, 15) is 14.3 Å². The van der Waals surface area contributed by atoms with Crippen molar-refractivity contribution < 1.29 is 9.13 Å². The van der Waals surface area contributed by atoms with Gasteiger partial charge in [0.05, 0.1) is 4.92 Å². The fourth-order valence-electron chi connectivity index (χ4n) is 2.00. The van der Waals surface area contributed by atoms with Crippen molar-refractivity contribution in [1.82, 2.24) is 0 Å². The maximum Gasteiger partial charge on any atom is 0.269 e. The Hall–Kier alpha value is -1.92. The third-order valence-electron chi connectivity index (χ3n) is 3.02. The summed E-state index contributed by atoms with van der Waals surface area (Å²) in [5.74, 6) is 0.394. The Morgan fingerprint density at radius 1 is 1.27 bits per heavy atom. The van der Waals surface area contributed by atoms with Gasteiger partial charge in [0, 0.05) is 52.2 Å². The highest BCUT2D eigenvalue weighted by Crippen LogP contribution is 2.22. The summed E-state index contributed by atoms with van der Waals surface area (Å²) in [5.41, 5.74) is 2.52. The second kappa shape index (κ2) is 7.38. The van der Waals surface area contributed by atoms with E-state index in [1.54, 1.807) is 18.4 Å². The minimum absolute atomic E-state index is 0.0671. The van der Waals surface area contributed by atoms with E-state index in [4.69, 9.17) is 11.6 Å². The zero-order valence-corrected chi connectivity index (χ0v) is 13.5. The first kappa shape index (κ1) is 16.5. The molecular formula is C15H15ClN2O3S. The third kappa shape index (κ3) is 4.54. The van der Waals surface area contributed by atoms with E-state index in [0.717, 1.165) is 16.8 Å². The Balaban J connectivity index is 2.10. The molecule has 0 saturated carbocycles. The minimum Gasteiger partial charge on any atom is -0.381 e. The van der Waals surface area contributed by atoms with E-state index >= 15 is 0 Å². The summed E-state index contributed by atoms with van der Waals surface area (Å²) < 4.78 is 11.3. The fraction of sp³-hybridized carbons (Fsp3) is 0.200. The lowest BCUT2D eigenvalue weighted by Gasteiger charge is -2.09. The Labute approximate surface area is 135 Å². The van der Waals surface area contributed by atoms with Crippen LogP contribution in [-0.4, -0.2) is 15.4 Å². The highest BCUT2D eigenvalue weighted by Gasteiger charge is 2.07. The summed E-state index contributed by atoms with van der Waals surface area (Å²) >= 11 is 6.08. The van der Waals surface area contributed by atoms with Crippen LogP contribution in [0.3, 0.4) is 0 Å². The lowest BCUT2D eigenvalue weighted by Crippen LogP contribution is -2.01. The van der Waals surface area contributed by atoms with Crippen molar-refractivity contribution in [2.24, 2.45) is 0 Å². The topological polar surface area (TPSA) is 72.2 Å². The monoisotopic (exact) mass is 338 g/mol. The molecule has 0 radical (unpaired) electrons. The Morgan fingerprint density at radius 2 is 2.05 bits per heavy atom. The van der Waals surface area contributed by atoms with Gasteiger partial charge in [0.25, 0.3) is 5.69 Å². The molecule has 0 saturated heterocycles. The first-order valence-electron chi connectivity index (χ1n) is 6.51. The van der Waals surface area contributed by atoms with Crippen LogP contribution in [0.25, 0.3) is 0 Å². The second-order valence-electron chi connectivity index (χ2n) is 4.80. The summed E-state index contributed by atoms with van der Waals surface area (Å²) in [6.45, 7) is 0.456. The number of nitrogens with one attached hydrogen (secondary N) is 1. The van der Waals surface area contributed by atoms with Gasteiger partial charge in [0.15, 0.2) is 0 Å². The molecular weight excluding hydrogens is 324 g/mol. The van der Waals surface area contributed by atoms with Crippen LogP contribution >= 0.6 is 11.6 Å². The fourth-order valence-corrected chi connectivity index (χ4v) is 2.94. The number of hydrogen-bond acceptors (Lipinski definition) is 4. The molecule has 22 heavy (non-hydrogen) atoms. The van der Waals surface area contributed by atoms with Gasteiger partial charge in [-0.1, -0.05) is 23.7 Å². The molecule has 0 amide bonds. The van der Waals surface area contributed by atoms with Crippen LogP contribution in [0.4, 0.5) is 11.4 Å². The molecule has 2 rings (SSSR count). The molecule has 0 aromatic heterocycles. The van der Waals surface area contributed by atoms with Gasteiger partial charge in [-0.3, -0.25) is 14.3 Å². The number of nitro groups is 1. The number of anilines is 1. The molecule has 0 aliphatic rings. The van der Waals surface area contributed by atoms with E-state index in [2.05, 4.69) is 5.32 Å². The van der Waals surface area contributed by atoms with Gasteiger partial charge in [-0.05, 0) is 29.3 Å². The Kier molecular flexibility index (Phi) is 5.51. The van der Waals surface area contributed by atoms with Crippen molar-refractivity contribution in [3.63, 3.8) is 0 Å². The smallest absolute Gasteiger partial charge is 0.269 e. The van der Waals surface area contributed by atoms with E-state index < -0.39 is 15.7 Å². The van der Waals surface area contributed by atoms with Gasteiger partial charge in [0.2, 0.25) is 0 Å². The first-order valence-corrected chi connectivity index (χ1v) is 8.62. The summed E-state index contributed by atoms with van der Waals surface area (Å²) in [6, 6.07) is 11.9. The van der Waals surface area contributed by atoms with Gasteiger partial charge in [-0.15, -0.1) is 0 Å². The molecule has 0 aliphatic carbocycles. The lowest BCUT2D eigenvalue weighted by atomic mass is 10.2. The summed E-state index contributed by atoms with van der Waals surface area (Å²) in [6.07, 6.45) is 1.62. The third-order valence-corrected chi connectivity index (χ3v) is 4.11. The van der Waals surface area contributed by atoms with Gasteiger partial charge >= 0.3 is 0 Å². The first-order chi connectivity index (χ1) is 10.5. The molecule has 1 atom stereocenters. The van der Waals surface area contributed by atoms with Gasteiger partial charge in [-0.2, -0.15) is 0 Å². The van der Waals surface area contributed by atoms with Crippen LogP contribution in [-0.2, 0) is 23.1 Å². The molecule has 1 N–H and O–H groups in total.